The molecule has 0 N–H and O–H groups in total. The van der Waals surface area contributed by atoms with Crippen LogP contribution < -0.4 is 9.30 Å². The highest BCUT2D eigenvalue weighted by atomic mass is 16.5. The minimum atomic E-state index is 0.740. The zero-order valence-corrected chi connectivity index (χ0v) is 28.1. The van der Waals surface area contributed by atoms with Crippen molar-refractivity contribution in [3.63, 3.8) is 0 Å². The number of hydrogen-bond acceptors (Lipinski definition) is 2. The van der Waals surface area contributed by atoms with Crippen LogP contribution in [-0.2, 0) is 6.42 Å². The molecular weight excluding hydrogens is 625 g/mol. The third-order valence-corrected chi connectivity index (χ3v) is 9.45. The number of benzene rings is 6. The smallest absolute Gasteiger partial charge is 0.268 e. The zero-order valence-electron chi connectivity index (χ0n) is 28.1. The number of aromatic nitrogens is 4. The number of ether oxygens (including phenoxy) is 1. The molecule has 9 aromatic rings. The Morgan fingerprint density at radius 1 is 0.627 bits per heavy atom. The van der Waals surface area contributed by atoms with Crippen LogP contribution in [0, 0.1) is 6.33 Å². The molecule has 244 valence electrons. The summed E-state index contributed by atoms with van der Waals surface area (Å²) < 4.78 is 12.9. The molecule has 5 heteroatoms. The van der Waals surface area contributed by atoms with Crippen LogP contribution in [0.1, 0.15) is 12.5 Å². The van der Waals surface area contributed by atoms with Crippen LogP contribution in [0.25, 0.3) is 61.3 Å². The Balaban J connectivity index is 1.09. The fourth-order valence-corrected chi connectivity index (χ4v) is 6.99. The zero-order chi connectivity index (χ0) is 34.1. The normalized spacial score (nSPS) is 11.3. The first-order valence-electron chi connectivity index (χ1n) is 17.3. The van der Waals surface area contributed by atoms with Gasteiger partial charge < -0.3 is 4.74 Å². The quantitative estimate of drug-likeness (QED) is 0.120. The lowest BCUT2D eigenvalue weighted by Gasteiger charge is -2.16. The molecule has 0 fully saturated rings. The first kappa shape index (κ1) is 30.3. The van der Waals surface area contributed by atoms with E-state index in [1.165, 1.54) is 10.9 Å². The van der Waals surface area contributed by atoms with E-state index in [2.05, 4.69) is 162 Å². The van der Waals surface area contributed by atoms with Gasteiger partial charge in [-0.15, -0.1) is 0 Å². The van der Waals surface area contributed by atoms with E-state index < -0.39 is 0 Å². The van der Waals surface area contributed by atoms with Crippen LogP contribution in [0.4, 0.5) is 0 Å². The molecule has 51 heavy (non-hydrogen) atoms. The molecule has 9 rings (SSSR count). The Morgan fingerprint density at radius 3 is 2.08 bits per heavy atom. The summed E-state index contributed by atoms with van der Waals surface area (Å²) in [7, 11) is 0. The molecule has 0 aliphatic heterocycles. The summed E-state index contributed by atoms with van der Waals surface area (Å²) in [4.78, 5) is 4.77. The maximum atomic E-state index is 6.56. The predicted molar refractivity (Wildman–Crippen MR) is 205 cm³/mol. The van der Waals surface area contributed by atoms with Gasteiger partial charge in [-0.25, -0.2) is 4.98 Å². The van der Waals surface area contributed by atoms with Crippen molar-refractivity contribution in [2.24, 2.45) is 0 Å². The Hall–Kier alpha value is -6.72. The predicted octanol–water partition coefficient (Wildman–Crippen LogP) is 10.7. The average Bonchev–Trinajstić information content (AvgIpc) is 3.82. The molecule has 0 radical (unpaired) electrons. The van der Waals surface area contributed by atoms with E-state index in [-0.39, 0.29) is 0 Å². The molecular formula is C46H34N4O. The van der Waals surface area contributed by atoms with E-state index in [1.54, 1.807) is 0 Å². The lowest BCUT2D eigenvalue weighted by Crippen LogP contribution is -2.30. The fourth-order valence-electron chi connectivity index (χ4n) is 6.99. The van der Waals surface area contributed by atoms with Gasteiger partial charge in [0.05, 0.1) is 22.4 Å². The number of pyridine rings is 1. The van der Waals surface area contributed by atoms with Crippen molar-refractivity contribution in [3.8, 4) is 50.9 Å². The van der Waals surface area contributed by atoms with Crippen LogP contribution in [0.5, 0.6) is 11.5 Å². The molecule has 0 aliphatic carbocycles. The molecule has 0 spiro atoms. The Morgan fingerprint density at radius 2 is 1.31 bits per heavy atom. The van der Waals surface area contributed by atoms with E-state index >= 15 is 0 Å². The van der Waals surface area contributed by atoms with Crippen molar-refractivity contribution in [2.45, 2.75) is 13.3 Å². The minimum absolute atomic E-state index is 0.740. The second-order valence-corrected chi connectivity index (χ2v) is 12.6. The summed E-state index contributed by atoms with van der Waals surface area (Å²) in [6.45, 7) is 2.17. The summed E-state index contributed by atoms with van der Waals surface area (Å²) in [6.07, 6.45) is 10.5. The average molecular weight is 659 g/mol. The number of imidazole rings is 1. The summed E-state index contributed by atoms with van der Waals surface area (Å²) in [5.41, 5.74) is 10.0. The maximum Gasteiger partial charge on any atom is 0.268 e. The van der Waals surface area contributed by atoms with Gasteiger partial charge >= 0.3 is 0 Å². The number of fused-ring (bicyclic) bond motifs is 3. The van der Waals surface area contributed by atoms with Gasteiger partial charge in [0, 0.05) is 35.4 Å². The number of hydrogen-bond donors (Lipinski definition) is 0. The molecule has 0 atom stereocenters. The molecule has 0 saturated carbocycles. The minimum Gasteiger partial charge on any atom is -0.458 e. The molecule has 0 unspecified atom stereocenters. The second-order valence-electron chi connectivity index (χ2n) is 12.6. The number of nitrogens with zero attached hydrogens (tertiary/aromatic N) is 4. The van der Waals surface area contributed by atoms with Gasteiger partial charge in [0.2, 0.25) is 0 Å². The van der Waals surface area contributed by atoms with Crippen molar-refractivity contribution >= 4 is 21.8 Å². The third-order valence-electron chi connectivity index (χ3n) is 9.45. The Kier molecular flexibility index (Phi) is 7.71. The van der Waals surface area contributed by atoms with Gasteiger partial charge in [-0.3, -0.25) is 13.7 Å². The van der Waals surface area contributed by atoms with Gasteiger partial charge in [-0.1, -0.05) is 110 Å². The Labute approximate surface area is 296 Å². The van der Waals surface area contributed by atoms with Crippen molar-refractivity contribution in [2.75, 3.05) is 0 Å². The summed E-state index contributed by atoms with van der Waals surface area (Å²) in [5.74, 6) is 2.40. The van der Waals surface area contributed by atoms with E-state index in [0.29, 0.717) is 0 Å². The van der Waals surface area contributed by atoms with Gasteiger partial charge in [0.25, 0.3) is 6.33 Å². The van der Waals surface area contributed by atoms with Crippen LogP contribution >= 0.6 is 0 Å². The van der Waals surface area contributed by atoms with E-state index in [4.69, 9.17) is 9.72 Å². The number of rotatable bonds is 8. The maximum absolute atomic E-state index is 6.56. The molecule has 6 aromatic carbocycles. The van der Waals surface area contributed by atoms with Gasteiger partial charge in [-0.05, 0) is 82.8 Å². The molecule has 0 bridgehead atoms. The van der Waals surface area contributed by atoms with Crippen LogP contribution in [0.3, 0.4) is 0 Å². The topological polar surface area (TPSA) is 35.9 Å². The van der Waals surface area contributed by atoms with Crippen molar-refractivity contribution in [1.82, 2.24) is 14.1 Å². The van der Waals surface area contributed by atoms with Gasteiger partial charge in [-0.2, -0.15) is 0 Å². The van der Waals surface area contributed by atoms with Crippen molar-refractivity contribution in [1.29, 1.82) is 0 Å². The lowest BCUT2D eigenvalue weighted by molar-refractivity contribution is -0.598. The van der Waals surface area contributed by atoms with Gasteiger partial charge in [0.15, 0.2) is 0 Å². The summed E-state index contributed by atoms with van der Waals surface area (Å²) >= 11 is 0. The van der Waals surface area contributed by atoms with E-state index in [0.717, 1.165) is 73.8 Å². The van der Waals surface area contributed by atoms with Crippen molar-refractivity contribution in [3.05, 3.63) is 188 Å². The molecule has 5 nitrogen and oxygen atoms in total. The monoisotopic (exact) mass is 658 g/mol. The van der Waals surface area contributed by atoms with Crippen LogP contribution in [-0.4, -0.2) is 14.1 Å². The standard InChI is InChI=1S/C46H34N4O/c1-2-33-25-26-47-45(29-33)50-43-22-10-9-19-41(43)42-24-23-38(31-44(42)50)51-37-18-11-17-36(30-37)48-27-28-49(32-48)46-39(34-13-5-3-6-14-34)20-12-21-40(46)35-15-7-4-8-16-35/h3-31H,2H2,1H3. The second kappa shape index (κ2) is 13.0. The van der Waals surface area contributed by atoms with Crippen LogP contribution in [0.2, 0.25) is 0 Å². The SMILES string of the molecule is CCc1ccnc(-n2c3ccccc3c3ccc(Oc4cccc(-n5[c-][n+](-c6c(-c7ccccc7)cccc6-c6ccccc6)cc5)c4)cc32)c1. The first-order chi connectivity index (χ1) is 25.2. The molecule has 3 heterocycles. The highest BCUT2D eigenvalue weighted by molar-refractivity contribution is 6.09. The molecule has 0 aliphatic rings. The third kappa shape index (κ3) is 5.65. The lowest BCUT2D eigenvalue weighted by atomic mass is 9.96. The van der Waals surface area contributed by atoms with Crippen molar-refractivity contribution < 1.29 is 9.30 Å². The number of aryl methyl sites for hydroxylation is 1. The largest absolute Gasteiger partial charge is 0.458 e. The molecule has 0 amide bonds. The fraction of sp³-hybridized carbons (Fsp3) is 0.0435. The molecule has 3 aromatic heterocycles. The highest BCUT2D eigenvalue weighted by Crippen LogP contribution is 2.36. The van der Waals surface area contributed by atoms with E-state index in [9.17, 15) is 0 Å². The molecule has 0 saturated heterocycles. The van der Waals surface area contributed by atoms with Crippen LogP contribution in [0.15, 0.2) is 176 Å². The van der Waals surface area contributed by atoms with E-state index in [1.807, 2.05) is 41.2 Å². The number of para-hydroxylation sites is 2. The first-order valence-corrected chi connectivity index (χ1v) is 17.3. The van der Waals surface area contributed by atoms with Gasteiger partial charge in [0.1, 0.15) is 17.3 Å². The highest BCUT2D eigenvalue weighted by Gasteiger charge is 2.17. The summed E-state index contributed by atoms with van der Waals surface area (Å²) in [5, 5.41) is 2.35. The summed E-state index contributed by atoms with van der Waals surface area (Å²) in [6, 6.07) is 54.7. The Bertz CT molecular complexity index is 2600.